The molecule has 27 heavy (non-hydrogen) atoms. The van der Waals surface area contributed by atoms with E-state index in [2.05, 4.69) is 47.4 Å². The Balaban J connectivity index is 2.64. The lowest BCUT2D eigenvalue weighted by molar-refractivity contribution is -0.308. The molecule has 0 aliphatic carbocycles. The number of rotatable bonds is 5. The summed E-state index contributed by atoms with van der Waals surface area (Å²) < 4.78 is 10.4. The molecule has 1 saturated heterocycles. The monoisotopic (exact) mass is 376 g/mol. The van der Waals surface area contributed by atoms with Crippen molar-refractivity contribution in [1.82, 2.24) is 0 Å². The quantitative estimate of drug-likeness (QED) is 0.275. The predicted octanol–water partition coefficient (Wildman–Crippen LogP) is -3.27. The maximum Gasteiger partial charge on any atom is 0.188 e. The van der Waals surface area contributed by atoms with Crippen LogP contribution >= 0.6 is 0 Å². The average Bonchev–Trinajstić information content (AvgIpc) is 2.68. The van der Waals surface area contributed by atoms with E-state index in [1.807, 2.05) is 0 Å². The van der Waals surface area contributed by atoms with Crippen molar-refractivity contribution in [2.75, 3.05) is 19.8 Å². The Bertz CT molecular complexity index is 729. The second kappa shape index (κ2) is 12.9. The summed E-state index contributed by atoms with van der Waals surface area (Å²) in [6.07, 6.45) is -5.38. The maximum atomic E-state index is 9.86. The van der Waals surface area contributed by atoms with Gasteiger partial charge in [-0.1, -0.05) is 17.9 Å². The first kappa shape index (κ1) is 22.7. The molecule has 0 bridgehead atoms. The SMILES string of the molecule is OC/C=C/C#CC#CC#CC#CC(CO)O[C@@H]1O[C@H](CO)[C@@H](O)[C@H](O)[C@H]1O. The molecule has 0 aromatic carbocycles. The van der Waals surface area contributed by atoms with Gasteiger partial charge in [0.05, 0.1) is 19.8 Å². The van der Waals surface area contributed by atoms with Gasteiger partial charge in [0.15, 0.2) is 6.29 Å². The molecule has 1 aliphatic heterocycles. The molecule has 0 aromatic heterocycles. The summed E-state index contributed by atoms with van der Waals surface area (Å²) in [5, 5.41) is 56.1. The lowest BCUT2D eigenvalue weighted by Crippen LogP contribution is -2.59. The molecular weight excluding hydrogens is 356 g/mol. The van der Waals surface area contributed by atoms with E-state index in [0.29, 0.717) is 0 Å². The lowest BCUT2D eigenvalue weighted by Gasteiger charge is -2.40. The Morgan fingerprint density at radius 1 is 0.889 bits per heavy atom. The van der Waals surface area contributed by atoms with Crippen LogP contribution in [0.25, 0.3) is 0 Å². The van der Waals surface area contributed by atoms with Gasteiger partial charge >= 0.3 is 0 Å². The number of aliphatic hydroxyl groups is 6. The zero-order chi connectivity index (χ0) is 20.1. The van der Waals surface area contributed by atoms with E-state index in [4.69, 9.17) is 19.7 Å². The van der Waals surface area contributed by atoms with Crippen LogP contribution in [0.2, 0.25) is 0 Å². The molecule has 0 aromatic rings. The van der Waals surface area contributed by atoms with Gasteiger partial charge in [-0.05, 0) is 41.6 Å². The van der Waals surface area contributed by atoms with Crippen molar-refractivity contribution in [3.63, 3.8) is 0 Å². The minimum atomic E-state index is -1.59. The molecule has 1 rings (SSSR count). The van der Waals surface area contributed by atoms with Crippen LogP contribution in [0.4, 0.5) is 0 Å². The molecule has 8 nitrogen and oxygen atoms in total. The van der Waals surface area contributed by atoms with Crippen LogP contribution in [0.1, 0.15) is 0 Å². The van der Waals surface area contributed by atoms with E-state index >= 15 is 0 Å². The van der Waals surface area contributed by atoms with E-state index in [9.17, 15) is 20.4 Å². The molecule has 0 saturated carbocycles. The van der Waals surface area contributed by atoms with Crippen LogP contribution in [-0.4, -0.2) is 87.3 Å². The fraction of sp³-hybridized carbons (Fsp3) is 0.474. The fourth-order valence-corrected chi connectivity index (χ4v) is 1.90. The van der Waals surface area contributed by atoms with Gasteiger partial charge in [0.25, 0.3) is 0 Å². The van der Waals surface area contributed by atoms with Gasteiger partial charge in [-0.2, -0.15) is 0 Å². The van der Waals surface area contributed by atoms with Crippen molar-refractivity contribution in [3.8, 4) is 47.4 Å². The highest BCUT2D eigenvalue weighted by Gasteiger charge is 2.44. The van der Waals surface area contributed by atoms with E-state index in [1.54, 1.807) is 0 Å². The van der Waals surface area contributed by atoms with Gasteiger partial charge in [-0.25, -0.2) is 0 Å². The zero-order valence-corrected chi connectivity index (χ0v) is 14.2. The van der Waals surface area contributed by atoms with Gasteiger partial charge in [-0.15, -0.1) is 0 Å². The fourth-order valence-electron chi connectivity index (χ4n) is 1.90. The van der Waals surface area contributed by atoms with Gasteiger partial charge < -0.3 is 40.1 Å². The summed E-state index contributed by atoms with van der Waals surface area (Å²) in [4.78, 5) is 0. The van der Waals surface area contributed by atoms with Crippen molar-refractivity contribution in [1.29, 1.82) is 0 Å². The Hall–Kier alpha value is -2.34. The van der Waals surface area contributed by atoms with Crippen molar-refractivity contribution in [2.24, 2.45) is 0 Å². The second-order valence-electron chi connectivity index (χ2n) is 5.13. The molecule has 1 heterocycles. The Morgan fingerprint density at radius 2 is 1.56 bits per heavy atom. The molecule has 0 amide bonds. The summed E-state index contributed by atoms with van der Waals surface area (Å²) in [6.45, 7) is -1.24. The highest BCUT2D eigenvalue weighted by atomic mass is 16.7. The van der Waals surface area contributed by atoms with Crippen LogP contribution in [-0.2, 0) is 9.47 Å². The highest BCUT2D eigenvalue weighted by Crippen LogP contribution is 2.22. The van der Waals surface area contributed by atoms with E-state index in [-0.39, 0.29) is 6.61 Å². The normalized spacial score (nSPS) is 27.7. The molecule has 6 N–H and O–H groups in total. The third kappa shape index (κ3) is 7.83. The van der Waals surface area contributed by atoms with Crippen molar-refractivity contribution in [2.45, 2.75) is 36.8 Å². The summed E-state index contributed by atoms with van der Waals surface area (Å²) in [5.41, 5.74) is 0. The van der Waals surface area contributed by atoms with Crippen LogP contribution in [0.15, 0.2) is 12.2 Å². The zero-order valence-electron chi connectivity index (χ0n) is 14.2. The minimum absolute atomic E-state index is 0.102. The second-order valence-corrected chi connectivity index (χ2v) is 5.13. The van der Waals surface area contributed by atoms with E-state index in [0.717, 1.165) is 0 Å². The largest absolute Gasteiger partial charge is 0.394 e. The Morgan fingerprint density at radius 3 is 2.19 bits per heavy atom. The summed E-state index contributed by atoms with van der Waals surface area (Å²) in [5.74, 6) is 19.6. The van der Waals surface area contributed by atoms with Crippen LogP contribution in [0.3, 0.4) is 0 Å². The molecule has 1 unspecified atom stereocenters. The van der Waals surface area contributed by atoms with Crippen molar-refractivity contribution in [3.05, 3.63) is 12.2 Å². The molecule has 1 fully saturated rings. The number of hydrogen-bond donors (Lipinski definition) is 6. The molecule has 1 aliphatic rings. The number of ether oxygens (including phenoxy) is 2. The minimum Gasteiger partial charge on any atom is -0.394 e. The number of hydrogen-bond acceptors (Lipinski definition) is 8. The third-order valence-corrected chi connectivity index (χ3v) is 3.24. The predicted molar refractivity (Wildman–Crippen MR) is 93.1 cm³/mol. The molecule has 6 atom stereocenters. The summed E-state index contributed by atoms with van der Waals surface area (Å²) in [7, 11) is 0. The molecule has 0 radical (unpaired) electrons. The third-order valence-electron chi connectivity index (χ3n) is 3.24. The number of aliphatic hydroxyl groups excluding tert-OH is 6. The van der Waals surface area contributed by atoms with Gasteiger partial charge in [0, 0.05) is 0 Å². The topological polar surface area (TPSA) is 140 Å². The molecule has 144 valence electrons. The van der Waals surface area contributed by atoms with Gasteiger partial charge in [0.1, 0.15) is 30.5 Å². The molecule has 8 heteroatoms. The summed E-state index contributed by atoms with van der Waals surface area (Å²) in [6, 6.07) is 0. The molecule has 0 spiro atoms. The van der Waals surface area contributed by atoms with Crippen molar-refractivity contribution < 1.29 is 40.1 Å². The Labute approximate surface area is 157 Å². The average molecular weight is 376 g/mol. The molecular formula is C19H20O8. The van der Waals surface area contributed by atoms with Crippen LogP contribution in [0.5, 0.6) is 0 Å². The lowest BCUT2D eigenvalue weighted by atomic mass is 9.99. The van der Waals surface area contributed by atoms with Crippen LogP contribution < -0.4 is 0 Å². The smallest absolute Gasteiger partial charge is 0.188 e. The maximum absolute atomic E-state index is 9.86. The first-order valence-electron chi connectivity index (χ1n) is 7.88. The van der Waals surface area contributed by atoms with Crippen LogP contribution in [0, 0.1) is 47.4 Å². The standard InChI is InChI=1S/C19H20O8/c20-11-9-7-5-3-1-2-4-6-8-10-14(12-21)26-19-18(25)17(24)16(23)15(13-22)27-19/h7,9,14-25H,11-13H2/b9-7+/t14?,15-,16-,17+,18-,19-/m1/s1. The van der Waals surface area contributed by atoms with E-state index < -0.39 is 50.0 Å². The number of allylic oxidation sites excluding steroid dienone is 1. The highest BCUT2D eigenvalue weighted by molar-refractivity contribution is 5.41. The van der Waals surface area contributed by atoms with Gasteiger partial charge in [0.2, 0.25) is 0 Å². The van der Waals surface area contributed by atoms with Crippen molar-refractivity contribution >= 4 is 0 Å². The summed E-state index contributed by atoms with van der Waals surface area (Å²) >= 11 is 0. The van der Waals surface area contributed by atoms with Gasteiger partial charge in [-0.3, -0.25) is 0 Å². The first-order chi connectivity index (χ1) is 13.0. The first-order valence-corrected chi connectivity index (χ1v) is 7.88. The van der Waals surface area contributed by atoms with E-state index in [1.165, 1.54) is 12.2 Å². The Kier molecular flexibility index (Phi) is 10.9.